The highest BCUT2D eigenvalue weighted by Gasteiger charge is 2.19. The van der Waals surface area contributed by atoms with E-state index in [2.05, 4.69) is 20.9 Å². The van der Waals surface area contributed by atoms with Gasteiger partial charge in [0.15, 0.2) is 0 Å². The van der Waals surface area contributed by atoms with Crippen LogP contribution in [0.5, 0.6) is 0 Å². The van der Waals surface area contributed by atoms with Crippen molar-refractivity contribution in [1.82, 2.24) is 0 Å². The molecule has 0 fully saturated rings. The standard InChI is InChI=1S/C20H43ClN.BrH/c1-4-6-8-10-12-14-18-22(3,20-16-17-21)19-15-13-11-9-7-5-2;/h4-20H2,1-3H3;1H/q+1;/p-1. The molecule has 0 N–H and O–H groups in total. The predicted molar refractivity (Wildman–Crippen MR) is 103 cm³/mol. The van der Waals surface area contributed by atoms with Crippen molar-refractivity contribution >= 4 is 11.6 Å². The predicted octanol–water partition coefficient (Wildman–Crippen LogP) is 3.79. The zero-order valence-corrected chi connectivity index (χ0v) is 18.6. The Bertz CT molecular complexity index is 208. The van der Waals surface area contributed by atoms with Crippen LogP contribution in [-0.2, 0) is 0 Å². The Hall–Kier alpha value is 0.730. The van der Waals surface area contributed by atoms with Gasteiger partial charge in [0.1, 0.15) is 0 Å². The first-order valence-electron chi connectivity index (χ1n) is 10.1. The van der Waals surface area contributed by atoms with Gasteiger partial charge < -0.3 is 21.5 Å². The Morgan fingerprint density at radius 2 is 0.913 bits per heavy atom. The van der Waals surface area contributed by atoms with Gasteiger partial charge in [0.25, 0.3) is 0 Å². The van der Waals surface area contributed by atoms with Gasteiger partial charge in [-0.15, -0.1) is 11.6 Å². The highest BCUT2D eigenvalue weighted by Crippen LogP contribution is 2.14. The first-order valence-corrected chi connectivity index (χ1v) is 10.6. The van der Waals surface area contributed by atoms with Crippen molar-refractivity contribution in [2.45, 2.75) is 97.3 Å². The second-order valence-corrected chi connectivity index (χ2v) is 7.75. The minimum absolute atomic E-state index is 0. The monoisotopic (exact) mass is 411 g/mol. The highest BCUT2D eigenvalue weighted by molar-refractivity contribution is 6.17. The van der Waals surface area contributed by atoms with Crippen molar-refractivity contribution in [1.29, 1.82) is 0 Å². The maximum atomic E-state index is 5.93. The number of hydrogen-bond donors (Lipinski definition) is 0. The Labute approximate surface area is 162 Å². The van der Waals surface area contributed by atoms with Gasteiger partial charge in [0, 0.05) is 12.3 Å². The van der Waals surface area contributed by atoms with Crippen LogP contribution in [0.15, 0.2) is 0 Å². The maximum Gasteiger partial charge on any atom is 0.0796 e. The van der Waals surface area contributed by atoms with E-state index in [1.807, 2.05) is 0 Å². The van der Waals surface area contributed by atoms with Gasteiger partial charge in [-0.25, -0.2) is 0 Å². The first-order chi connectivity index (χ1) is 10.7. The van der Waals surface area contributed by atoms with Crippen LogP contribution in [0.4, 0.5) is 0 Å². The molecular weight excluding hydrogens is 370 g/mol. The summed E-state index contributed by atoms with van der Waals surface area (Å²) in [5.74, 6) is 0.820. The fourth-order valence-corrected chi connectivity index (χ4v) is 3.44. The Balaban J connectivity index is 0. The SMILES string of the molecule is CCCCCCCC[N+](C)(CCCCl)CCCCCCCC.[Br-]. The van der Waals surface area contributed by atoms with Crippen molar-refractivity contribution in [3.05, 3.63) is 0 Å². The smallest absolute Gasteiger partial charge is 0.0796 e. The minimum Gasteiger partial charge on any atom is -1.00 e. The van der Waals surface area contributed by atoms with E-state index < -0.39 is 0 Å². The molecule has 142 valence electrons. The summed E-state index contributed by atoms with van der Waals surface area (Å²) in [7, 11) is 2.46. The zero-order valence-electron chi connectivity index (χ0n) is 16.2. The highest BCUT2D eigenvalue weighted by atomic mass is 79.9. The molecule has 0 radical (unpaired) electrons. The molecule has 0 heterocycles. The fraction of sp³-hybridized carbons (Fsp3) is 1.00. The molecule has 0 spiro atoms. The fourth-order valence-electron chi connectivity index (χ4n) is 3.32. The number of halogens is 2. The van der Waals surface area contributed by atoms with Crippen LogP contribution in [0.2, 0.25) is 0 Å². The molecule has 0 amide bonds. The average molecular weight is 413 g/mol. The van der Waals surface area contributed by atoms with Crippen LogP contribution < -0.4 is 17.0 Å². The lowest BCUT2D eigenvalue weighted by Crippen LogP contribution is -3.00. The van der Waals surface area contributed by atoms with Crippen molar-refractivity contribution in [3.63, 3.8) is 0 Å². The molecule has 0 aromatic heterocycles. The summed E-state index contributed by atoms with van der Waals surface area (Å²) in [6.07, 6.45) is 18.1. The van der Waals surface area contributed by atoms with E-state index >= 15 is 0 Å². The largest absolute Gasteiger partial charge is 1.00 e. The van der Waals surface area contributed by atoms with Crippen molar-refractivity contribution in [3.8, 4) is 0 Å². The van der Waals surface area contributed by atoms with Crippen molar-refractivity contribution < 1.29 is 21.5 Å². The number of alkyl halides is 1. The van der Waals surface area contributed by atoms with Gasteiger partial charge in [-0.2, -0.15) is 0 Å². The topological polar surface area (TPSA) is 0 Å². The normalized spacial score (nSPS) is 11.5. The molecule has 0 saturated carbocycles. The van der Waals surface area contributed by atoms with Crippen molar-refractivity contribution in [2.24, 2.45) is 0 Å². The van der Waals surface area contributed by atoms with Gasteiger partial charge in [0.2, 0.25) is 0 Å². The van der Waals surface area contributed by atoms with E-state index in [-0.39, 0.29) is 17.0 Å². The van der Waals surface area contributed by atoms with Crippen LogP contribution in [0, 0.1) is 0 Å². The van der Waals surface area contributed by atoms with E-state index in [0.29, 0.717) is 0 Å². The maximum absolute atomic E-state index is 5.93. The Morgan fingerprint density at radius 1 is 0.565 bits per heavy atom. The summed E-state index contributed by atoms with van der Waals surface area (Å²) in [5, 5.41) is 0. The average Bonchev–Trinajstić information content (AvgIpc) is 2.52. The first kappa shape index (κ1) is 26.0. The van der Waals surface area contributed by atoms with Gasteiger partial charge in [-0.3, -0.25) is 0 Å². The number of quaternary nitrogens is 1. The molecule has 0 atom stereocenters. The molecule has 3 heteroatoms. The number of rotatable bonds is 17. The summed E-state index contributed by atoms with van der Waals surface area (Å²) < 4.78 is 1.26. The van der Waals surface area contributed by atoms with Gasteiger partial charge in [0.05, 0.1) is 26.7 Å². The van der Waals surface area contributed by atoms with Crippen LogP contribution in [-0.4, -0.2) is 37.0 Å². The molecule has 0 rings (SSSR count). The third-order valence-electron chi connectivity index (χ3n) is 4.93. The van der Waals surface area contributed by atoms with Gasteiger partial charge in [-0.05, 0) is 25.7 Å². The molecule has 0 aliphatic carbocycles. The lowest BCUT2D eigenvalue weighted by molar-refractivity contribution is -0.910. The molecule has 0 aliphatic rings. The van der Waals surface area contributed by atoms with Crippen LogP contribution in [0.25, 0.3) is 0 Å². The van der Waals surface area contributed by atoms with Gasteiger partial charge >= 0.3 is 0 Å². The van der Waals surface area contributed by atoms with E-state index in [4.69, 9.17) is 11.6 Å². The molecule has 0 saturated heterocycles. The molecular formula is C20H43BrClN. The number of unbranched alkanes of at least 4 members (excludes halogenated alkanes) is 10. The lowest BCUT2D eigenvalue weighted by Gasteiger charge is -2.35. The van der Waals surface area contributed by atoms with Crippen LogP contribution in [0.1, 0.15) is 97.3 Å². The lowest BCUT2D eigenvalue weighted by atomic mass is 10.1. The van der Waals surface area contributed by atoms with E-state index in [1.165, 1.54) is 108 Å². The van der Waals surface area contributed by atoms with E-state index in [0.717, 1.165) is 5.88 Å². The van der Waals surface area contributed by atoms with Gasteiger partial charge in [-0.1, -0.05) is 65.2 Å². The van der Waals surface area contributed by atoms with E-state index in [9.17, 15) is 0 Å². The van der Waals surface area contributed by atoms with Crippen LogP contribution in [0.3, 0.4) is 0 Å². The summed E-state index contributed by atoms with van der Waals surface area (Å²) in [4.78, 5) is 0. The Morgan fingerprint density at radius 3 is 1.30 bits per heavy atom. The molecule has 0 aromatic rings. The number of nitrogens with zero attached hydrogens (tertiary/aromatic N) is 1. The molecule has 0 bridgehead atoms. The molecule has 1 nitrogen and oxygen atoms in total. The summed E-state index contributed by atoms with van der Waals surface area (Å²) in [5.41, 5.74) is 0. The molecule has 0 unspecified atom stereocenters. The van der Waals surface area contributed by atoms with E-state index in [1.54, 1.807) is 0 Å². The Kier molecular flexibility index (Phi) is 21.5. The number of hydrogen-bond acceptors (Lipinski definition) is 0. The summed E-state index contributed by atoms with van der Waals surface area (Å²) >= 11 is 5.93. The third-order valence-corrected chi connectivity index (χ3v) is 5.20. The summed E-state index contributed by atoms with van der Waals surface area (Å²) in [6, 6.07) is 0. The molecule has 0 aromatic carbocycles. The van der Waals surface area contributed by atoms with Crippen LogP contribution >= 0.6 is 11.6 Å². The second-order valence-electron chi connectivity index (χ2n) is 7.37. The summed E-state index contributed by atoms with van der Waals surface area (Å²) in [6.45, 7) is 8.57. The third kappa shape index (κ3) is 17.3. The quantitative estimate of drug-likeness (QED) is 0.194. The molecule has 23 heavy (non-hydrogen) atoms. The zero-order chi connectivity index (χ0) is 16.5. The second kappa shape index (κ2) is 19.1. The minimum atomic E-state index is 0. The molecule has 0 aliphatic heterocycles. The van der Waals surface area contributed by atoms with Crippen molar-refractivity contribution in [2.75, 3.05) is 32.6 Å².